The van der Waals surface area contributed by atoms with Gasteiger partial charge in [0.25, 0.3) is 0 Å². The number of furan rings is 1. The lowest BCUT2D eigenvalue weighted by molar-refractivity contribution is -0.000968. The van der Waals surface area contributed by atoms with Crippen LogP contribution < -0.4 is 10.1 Å². The van der Waals surface area contributed by atoms with Crippen LogP contribution in [0.5, 0.6) is 5.88 Å². The number of pyridine rings is 1. The normalized spacial score (nSPS) is 17.8. The van der Waals surface area contributed by atoms with Crippen molar-refractivity contribution in [1.82, 2.24) is 24.9 Å². The van der Waals surface area contributed by atoms with Gasteiger partial charge in [-0.3, -0.25) is 4.98 Å². The van der Waals surface area contributed by atoms with E-state index in [0.29, 0.717) is 24.9 Å². The Balaban J connectivity index is 1.44. The number of hydrogen-bond acceptors (Lipinski definition) is 7. The molecule has 0 radical (unpaired) electrons. The monoisotopic (exact) mass is 351 g/mol. The molecule has 1 N–H and O–H groups in total. The van der Waals surface area contributed by atoms with Gasteiger partial charge in [-0.25, -0.2) is 9.50 Å². The molecule has 1 aliphatic rings. The van der Waals surface area contributed by atoms with Crippen molar-refractivity contribution in [3.63, 3.8) is 0 Å². The van der Waals surface area contributed by atoms with Crippen LogP contribution in [0.3, 0.4) is 0 Å². The van der Waals surface area contributed by atoms with E-state index in [2.05, 4.69) is 20.4 Å². The minimum absolute atomic E-state index is 0.0337. The number of hydrogen-bond donors (Lipinski definition) is 1. The summed E-state index contributed by atoms with van der Waals surface area (Å²) in [7, 11) is 0. The number of ether oxygens (including phenoxy) is 2. The van der Waals surface area contributed by atoms with E-state index in [1.807, 2.05) is 24.3 Å². The van der Waals surface area contributed by atoms with E-state index in [0.717, 1.165) is 35.4 Å². The molecule has 0 bridgehead atoms. The largest absolute Gasteiger partial charge is 0.474 e. The standard InChI is InChI=1S/C18H17N5O3/c1-2-18(25-11-13-9-20-5-6-24-13)22-23-14(10-21-17(1)23)16-7-12-8-19-4-3-15(12)26-16/h1-4,7-8,10,13,20H,5-6,9,11H2. The Morgan fingerprint density at radius 3 is 3.15 bits per heavy atom. The first-order valence-corrected chi connectivity index (χ1v) is 8.51. The molecule has 1 fully saturated rings. The van der Waals surface area contributed by atoms with Crippen LogP contribution in [0.2, 0.25) is 0 Å². The number of aromatic nitrogens is 4. The highest BCUT2D eigenvalue weighted by molar-refractivity contribution is 5.81. The molecule has 8 nitrogen and oxygen atoms in total. The van der Waals surface area contributed by atoms with E-state index in [1.54, 1.807) is 23.1 Å². The molecule has 0 spiro atoms. The minimum atomic E-state index is 0.0337. The number of imidazole rings is 1. The second-order valence-electron chi connectivity index (χ2n) is 6.12. The number of fused-ring (bicyclic) bond motifs is 2. The highest BCUT2D eigenvalue weighted by Crippen LogP contribution is 2.27. The summed E-state index contributed by atoms with van der Waals surface area (Å²) in [6.07, 6.45) is 5.25. The summed E-state index contributed by atoms with van der Waals surface area (Å²) in [6.45, 7) is 2.82. The molecule has 1 unspecified atom stereocenters. The Morgan fingerprint density at radius 1 is 1.27 bits per heavy atom. The second kappa shape index (κ2) is 6.40. The molecule has 132 valence electrons. The topological polar surface area (TPSA) is 86.7 Å². The average Bonchev–Trinajstić information content (AvgIpc) is 3.30. The molecule has 0 aliphatic carbocycles. The lowest BCUT2D eigenvalue weighted by Crippen LogP contribution is -2.41. The smallest absolute Gasteiger partial charge is 0.231 e. The molecular weight excluding hydrogens is 334 g/mol. The fraction of sp³-hybridized carbons (Fsp3) is 0.278. The Hall–Kier alpha value is -2.97. The van der Waals surface area contributed by atoms with Gasteiger partial charge in [-0.05, 0) is 18.2 Å². The minimum Gasteiger partial charge on any atom is -0.474 e. The van der Waals surface area contributed by atoms with Crippen LogP contribution >= 0.6 is 0 Å². The van der Waals surface area contributed by atoms with Crippen molar-refractivity contribution in [3.8, 4) is 17.3 Å². The summed E-state index contributed by atoms with van der Waals surface area (Å²) in [6, 6.07) is 7.45. The molecule has 1 atom stereocenters. The first-order valence-electron chi connectivity index (χ1n) is 8.51. The van der Waals surface area contributed by atoms with Crippen molar-refractivity contribution in [2.45, 2.75) is 6.10 Å². The van der Waals surface area contributed by atoms with E-state index >= 15 is 0 Å². The van der Waals surface area contributed by atoms with Crippen LogP contribution in [0.4, 0.5) is 0 Å². The second-order valence-corrected chi connectivity index (χ2v) is 6.12. The predicted octanol–water partition coefficient (Wildman–Crippen LogP) is 1.90. The molecule has 4 aromatic heterocycles. The third-order valence-corrected chi connectivity index (χ3v) is 4.33. The zero-order chi connectivity index (χ0) is 17.3. The van der Waals surface area contributed by atoms with Gasteiger partial charge < -0.3 is 19.2 Å². The van der Waals surface area contributed by atoms with E-state index in [-0.39, 0.29) is 6.10 Å². The van der Waals surface area contributed by atoms with Crippen LogP contribution in [-0.2, 0) is 4.74 Å². The van der Waals surface area contributed by atoms with Crippen molar-refractivity contribution in [1.29, 1.82) is 0 Å². The highest BCUT2D eigenvalue weighted by atomic mass is 16.5. The van der Waals surface area contributed by atoms with E-state index in [9.17, 15) is 0 Å². The first-order chi connectivity index (χ1) is 12.9. The van der Waals surface area contributed by atoms with Crippen molar-refractivity contribution in [2.24, 2.45) is 0 Å². The number of nitrogens with zero attached hydrogens (tertiary/aromatic N) is 4. The van der Waals surface area contributed by atoms with Crippen LogP contribution in [0.25, 0.3) is 28.1 Å². The van der Waals surface area contributed by atoms with Crippen LogP contribution in [0, 0.1) is 0 Å². The van der Waals surface area contributed by atoms with Gasteiger partial charge in [-0.15, -0.1) is 5.10 Å². The molecule has 0 aromatic carbocycles. The number of nitrogens with one attached hydrogen (secondary N) is 1. The van der Waals surface area contributed by atoms with Crippen LogP contribution in [0.15, 0.2) is 47.3 Å². The summed E-state index contributed by atoms with van der Waals surface area (Å²) in [4.78, 5) is 8.51. The maximum atomic E-state index is 5.91. The molecule has 4 aromatic rings. The molecular formula is C18H17N5O3. The van der Waals surface area contributed by atoms with Crippen LogP contribution in [0.1, 0.15) is 0 Å². The lowest BCUT2D eigenvalue weighted by Gasteiger charge is -2.23. The van der Waals surface area contributed by atoms with Crippen LogP contribution in [-0.4, -0.2) is 52.0 Å². The zero-order valence-corrected chi connectivity index (χ0v) is 14.0. The fourth-order valence-corrected chi connectivity index (χ4v) is 3.02. The quantitative estimate of drug-likeness (QED) is 0.601. The highest BCUT2D eigenvalue weighted by Gasteiger charge is 2.16. The first kappa shape index (κ1) is 15.3. The van der Waals surface area contributed by atoms with Gasteiger partial charge in [0.2, 0.25) is 5.88 Å². The Morgan fingerprint density at radius 2 is 2.27 bits per heavy atom. The molecule has 0 amide bonds. The molecule has 1 saturated heterocycles. The van der Waals surface area contributed by atoms with Gasteiger partial charge in [0.05, 0.1) is 12.8 Å². The van der Waals surface area contributed by atoms with Gasteiger partial charge in [0, 0.05) is 36.9 Å². The Kier molecular flexibility index (Phi) is 3.76. The third kappa shape index (κ3) is 2.79. The van der Waals surface area contributed by atoms with E-state index in [4.69, 9.17) is 13.9 Å². The maximum Gasteiger partial charge on any atom is 0.231 e. The molecule has 8 heteroatoms. The SMILES string of the molecule is c1cc2oc(-c3cnc4ccc(OCC5CNCCO5)nn34)cc2cn1. The summed E-state index contributed by atoms with van der Waals surface area (Å²) < 4.78 is 19.1. The van der Waals surface area contributed by atoms with Crippen molar-refractivity contribution in [3.05, 3.63) is 42.9 Å². The fourth-order valence-electron chi connectivity index (χ4n) is 3.02. The molecule has 1 aliphatic heterocycles. The average molecular weight is 351 g/mol. The molecule has 26 heavy (non-hydrogen) atoms. The van der Waals surface area contributed by atoms with E-state index < -0.39 is 0 Å². The van der Waals surface area contributed by atoms with Gasteiger partial charge in [-0.1, -0.05) is 0 Å². The van der Waals surface area contributed by atoms with E-state index in [1.165, 1.54) is 0 Å². The van der Waals surface area contributed by atoms with Crippen molar-refractivity contribution >= 4 is 16.6 Å². The van der Waals surface area contributed by atoms with Gasteiger partial charge in [-0.2, -0.15) is 0 Å². The third-order valence-electron chi connectivity index (χ3n) is 4.33. The molecule has 5 heterocycles. The van der Waals surface area contributed by atoms with Crippen molar-refractivity contribution in [2.75, 3.05) is 26.3 Å². The summed E-state index contributed by atoms with van der Waals surface area (Å²) in [5.74, 6) is 1.20. The van der Waals surface area contributed by atoms with Gasteiger partial charge >= 0.3 is 0 Å². The van der Waals surface area contributed by atoms with Gasteiger partial charge in [0.15, 0.2) is 11.4 Å². The molecule has 5 rings (SSSR count). The van der Waals surface area contributed by atoms with Crippen molar-refractivity contribution < 1.29 is 13.9 Å². The lowest BCUT2D eigenvalue weighted by atomic mass is 10.3. The zero-order valence-electron chi connectivity index (χ0n) is 14.0. The summed E-state index contributed by atoms with van der Waals surface area (Å²) in [5.41, 5.74) is 2.26. The predicted molar refractivity (Wildman–Crippen MR) is 94.1 cm³/mol. The number of rotatable bonds is 4. The summed E-state index contributed by atoms with van der Waals surface area (Å²) >= 11 is 0. The number of morpholine rings is 1. The van der Waals surface area contributed by atoms with Gasteiger partial charge in [0.1, 0.15) is 24.0 Å². The Labute approximate surface area is 148 Å². The molecule has 0 saturated carbocycles. The summed E-state index contributed by atoms with van der Waals surface area (Å²) in [5, 5.41) is 8.77. The maximum absolute atomic E-state index is 5.91. The Bertz CT molecular complexity index is 1020.